The summed E-state index contributed by atoms with van der Waals surface area (Å²) in [6.45, 7) is 1.27. The summed E-state index contributed by atoms with van der Waals surface area (Å²) >= 11 is 0. The molecule has 0 aliphatic carbocycles. The Bertz CT molecular complexity index is 739. The molecule has 1 amide bonds. The van der Waals surface area contributed by atoms with Gasteiger partial charge in [0.05, 0.1) is 13.3 Å². The summed E-state index contributed by atoms with van der Waals surface area (Å²) in [5, 5.41) is 6.41. The van der Waals surface area contributed by atoms with Crippen LogP contribution < -0.4 is 10.1 Å². The standard InChI is InChI=1S/C18H18N2O4/c1-13(21)14-7-9-16(10-8-14)20-18(22)12-24-19-11-15-5-3-4-6-17(15)23-2/h3-11H,12H2,1-2H3,(H,20,22)/b19-11-. The van der Waals surface area contributed by atoms with Crippen molar-refractivity contribution in [2.75, 3.05) is 19.0 Å². The second kappa shape index (κ2) is 8.47. The number of methoxy groups -OCH3 is 1. The molecule has 0 unspecified atom stereocenters. The van der Waals surface area contributed by atoms with Crippen LogP contribution in [0, 0.1) is 0 Å². The van der Waals surface area contributed by atoms with E-state index in [9.17, 15) is 9.59 Å². The van der Waals surface area contributed by atoms with Gasteiger partial charge in [-0.2, -0.15) is 0 Å². The van der Waals surface area contributed by atoms with Gasteiger partial charge in [0.1, 0.15) is 5.75 Å². The van der Waals surface area contributed by atoms with E-state index >= 15 is 0 Å². The molecule has 0 aliphatic rings. The van der Waals surface area contributed by atoms with E-state index in [-0.39, 0.29) is 18.3 Å². The van der Waals surface area contributed by atoms with Crippen LogP contribution in [-0.4, -0.2) is 31.6 Å². The number of carbonyl (C=O) groups excluding carboxylic acids is 2. The Morgan fingerprint density at radius 1 is 1.12 bits per heavy atom. The molecule has 0 aromatic heterocycles. The minimum Gasteiger partial charge on any atom is -0.496 e. The molecule has 24 heavy (non-hydrogen) atoms. The van der Waals surface area contributed by atoms with Gasteiger partial charge in [-0.25, -0.2) is 0 Å². The molecular weight excluding hydrogens is 308 g/mol. The predicted molar refractivity (Wildman–Crippen MR) is 91.6 cm³/mol. The fourth-order valence-electron chi connectivity index (χ4n) is 1.95. The first-order valence-electron chi connectivity index (χ1n) is 7.29. The summed E-state index contributed by atoms with van der Waals surface area (Å²) in [5.41, 5.74) is 1.92. The van der Waals surface area contributed by atoms with Crippen molar-refractivity contribution in [2.45, 2.75) is 6.92 Å². The van der Waals surface area contributed by atoms with Crippen LogP contribution in [0.25, 0.3) is 0 Å². The van der Waals surface area contributed by atoms with Crippen LogP contribution in [0.3, 0.4) is 0 Å². The average molecular weight is 326 g/mol. The van der Waals surface area contributed by atoms with Crippen LogP contribution in [0.4, 0.5) is 5.69 Å². The van der Waals surface area contributed by atoms with Gasteiger partial charge in [0, 0.05) is 16.8 Å². The second-order valence-electron chi connectivity index (χ2n) is 4.93. The second-order valence-corrected chi connectivity index (χ2v) is 4.93. The summed E-state index contributed by atoms with van der Waals surface area (Å²) in [4.78, 5) is 27.9. The number of hydrogen-bond acceptors (Lipinski definition) is 5. The number of Topliss-reactive ketones (excluding diaryl/α,β-unsaturated/α-hetero) is 1. The maximum Gasteiger partial charge on any atom is 0.265 e. The quantitative estimate of drug-likeness (QED) is 0.482. The van der Waals surface area contributed by atoms with Gasteiger partial charge in [-0.3, -0.25) is 9.59 Å². The smallest absolute Gasteiger partial charge is 0.265 e. The van der Waals surface area contributed by atoms with E-state index in [1.165, 1.54) is 13.1 Å². The van der Waals surface area contributed by atoms with Crippen molar-refractivity contribution in [2.24, 2.45) is 5.16 Å². The molecule has 6 nitrogen and oxygen atoms in total. The lowest BCUT2D eigenvalue weighted by Crippen LogP contribution is -2.17. The van der Waals surface area contributed by atoms with E-state index < -0.39 is 0 Å². The Morgan fingerprint density at radius 3 is 2.50 bits per heavy atom. The van der Waals surface area contributed by atoms with E-state index in [0.29, 0.717) is 17.0 Å². The lowest BCUT2D eigenvalue weighted by Gasteiger charge is -2.05. The highest BCUT2D eigenvalue weighted by molar-refractivity contribution is 5.95. The minimum absolute atomic E-state index is 0.0260. The molecule has 0 heterocycles. The van der Waals surface area contributed by atoms with Crippen molar-refractivity contribution in [3.05, 3.63) is 59.7 Å². The van der Waals surface area contributed by atoms with Gasteiger partial charge in [0.15, 0.2) is 12.4 Å². The zero-order valence-electron chi connectivity index (χ0n) is 13.5. The first-order valence-corrected chi connectivity index (χ1v) is 7.29. The van der Waals surface area contributed by atoms with E-state index in [1.807, 2.05) is 18.2 Å². The van der Waals surface area contributed by atoms with Crippen LogP contribution in [0.5, 0.6) is 5.75 Å². The molecule has 0 bridgehead atoms. The average Bonchev–Trinajstić information content (AvgIpc) is 2.59. The number of ether oxygens (including phenoxy) is 1. The molecular formula is C18H18N2O4. The summed E-state index contributed by atoms with van der Waals surface area (Å²) in [7, 11) is 1.57. The summed E-state index contributed by atoms with van der Waals surface area (Å²) in [6.07, 6.45) is 1.48. The molecule has 2 aromatic rings. The van der Waals surface area contributed by atoms with Gasteiger partial charge < -0.3 is 14.9 Å². The van der Waals surface area contributed by atoms with Crippen LogP contribution in [0.1, 0.15) is 22.8 Å². The molecule has 0 radical (unpaired) electrons. The highest BCUT2D eigenvalue weighted by Gasteiger charge is 2.04. The number of ketones is 1. The number of anilines is 1. The van der Waals surface area contributed by atoms with Gasteiger partial charge in [-0.15, -0.1) is 0 Å². The van der Waals surface area contributed by atoms with Crippen molar-refractivity contribution in [1.29, 1.82) is 0 Å². The molecule has 6 heteroatoms. The number of nitrogens with zero attached hydrogens (tertiary/aromatic N) is 1. The monoisotopic (exact) mass is 326 g/mol. The molecule has 0 fully saturated rings. The highest BCUT2D eigenvalue weighted by atomic mass is 16.6. The third-order valence-corrected chi connectivity index (χ3v) is 3.18. The van der Waals surface area contributed by atoms with E-state index in [0.717, 1.165) is 5.56 Å². The first-order chi connectivity index (χ1) is 11.6. The molecule has 0 spiro atoms. The zero-order chi connectivity index (χ0) is 17.4. The number of amides is 1. The van der Waals surface area contributed by atoms with Gasteiger partial charge in [-0.05, 0) is 43.3 Å². The van der Waals surface area contributed by atoms with Crippen LogP contribution in [0.15, 0.2) is 53.7 Å². The Kier molecular flexibility index (Phi) is 6.08. The normalized spacial score (nSPS) is 10.4. The fraction of sp³-hybridized carbons (Fsp3) is 0.167. The number of hydrogen-bond donors (Lipinski definition) is 1. The number of oxime groups is 1. The molecule has 0 saturated carbocycles. The van der Waals surface area contributed by atoms with Gasteiger partial charge in [0.2, 0.25) is 0 Å². The van der Waals surface area contributed by atoms with Crippen LogP contribution >= 0.6 is 0 Å². The maximum atomic E-state index is 11.8. The van der Waals surface area contributed by atoms with Crippen molar-refractivity contribution in [3.63, 3.8) is 0 Å². The topological polar surface area (TPSA) is 77.0 Å². The van der Waals surface area contributed by atoms with Crippen LogP contribution in [-0.2, 0) is 9.63 Å². The summed E-state index contributed by atoms with van der Waals surface area (Å²) < 4.78 is 5.18. The van der Waals surface area contributed by atoms with Crippen molar-refractivity contribution in [3.8, 4) is 5.75 Å². The minimum atomic E-state index is -0.345. The lowest BCUT2D eigenvalue weighted by atomic mass is 10.1. The zero-order valence-corrected chi connectivity index (χ0v) is 13.5. The highest BCUT2D eigenvalue weighted by Crippen LogP contribution is 2.14. The molecule has 2 aromatic carbocycles. The Morgan fingerprint density at radius 2 is 1.83 bits per heavy atom. The molecule has 0 saturated heterocycles. The van der Waals surface area contributed by atoms with E-state index in [4.69, 9.17) is 9.57 Å². The third kappa shape index (κ3) is 4.95. The van der Waals surface area contributed by atoms with Crippen LogP contribution in [0.2, 0.25) is 0 Å². The number of rotatable bonds is 7. The fourth-order valence-corrected chi connectivity index (χ4v) is 1.95. The maximum absolute atomic E-state index is 11.8. The SMILES string of the molecule is COc1ccccc1/C=N\OCC(=O)Nc1ccc(C(C)=O)cc1. The third-order valence-electron chi connectivity index (χ3n) is 3.18. The van der Waals surface area contributed by atoms with Gasteiger partial charge >= 0.3 is 0 Å². The number of benzene rings is 2. The molecule has 124 valence electrons. The number of nitrogens with one attached hydrogen (secondary N) is 1. The van der Waals surface area contributed by atoms with Crippen molar-refractivity contribution in [1.82, 2.24) is 0 Å². The Balaban J connectivity index is 1.82. The molecule has 1 N–H and O–H groups in total. The van der Waals surface area contributed by atoms with Crippen molar-refractivity contribution < 1.29 is 19.2 Å². The molecule has 2 rings (SSSR count). The first kappa shape index (κ1) is 17.2. The Hall–Kier alpha value is -3.15. The van der Waals surface area contributed by atoms with Crippen molar-refractivity contribution >= 4 is 23.6 Å². The Labute approximate surface area is 140 Å². The van der Waals surface area contributed by atoms with Gasteiger partial charge in [0.25, 0.3) is 5.91 Å². The predicted octanol–water partition coefficient (Wildman–Crippen LogP) is 2.89. The van der Waals surface area contributed by atoms with E-state index in [2.05, 4.69) is 10.5 Å². The number of para-hydroxylation sites is 1. The molecule has 0 atom stereocenters. The number of carbonyl (C=O) groups is 2. The summed E-state index contributed by atoms with van der Waals surface area (Å²) in [5.74, 6) is 0.296. The lowest BCUT2D eigenvalue weighted by molar-refractivity contribution is -0.120. The summed E-state index contributed by atoms with van der Waals surface area (Å²) in [6, 6.07) is 13.9. The van der Waals surface area contributed by atoms with E-state index in [1.54, 1.807) is 37.4 Å². The largest absolute Gasteiger partial charge is 0.496 e. The molecule has 0 aliphatic heterocycles. The van der Waals surface area contributed by atoms with Gasteiger partial charge in [-0.1, -0.05) is 17.3 Å².